The van der Waals surface area contributed by atoms with E-state index in [9.17, 15) is 0 Å². The number of hydrogen-bond donors (Lipinski definition) is 0. The van der Waals surface area contributed by atoms with E-state index in [1.165, 1.54) is 5.56 Å². The predicted molar refractivity (Wildman–Crippen MR) is 77.3 cm³/mol. The minimum Gasteiger partial charge on any atom is -0.487 e. The fourth-order valence-electron chi connectivity index (χ4n) is 2.14. The third-order valence-electron chi connectivity index (χ3n) is 3.19. The first-order valence-electron chi connectivity index (χ1n) is 6.35. The topological polar surface area (TPSA) is 22.1 Å². The molecule has 94 valence electrons. The minimum absolute atomic E-state index is 0.565. The Morgan fingerprint density at radius 1 is 0.947 bits per heavy atom. The Morgan fingerprint density at radius 2 is 1.79 bits per heavy atom. The minimum atomic E-state index is 0.565. The van der Waals surface area contributed by atoms with Gasteiger partial charge in [0.05, 0.1) is 0 Å². The molecule has 1 heterocycles. The van der Waals surface area contributed by atoms with Crippen LogP contribution >= 0.6 is 0 Å². The lowest BCUT2D eigenvalue weighted by Gasteiger charge is -2.10. The summed E-state index contributed by atoms with van der Waals surface area (Å²) in [6.45, 7) is 2.65. The predicted octanol–water partition coefficient (Wildman–Crippen LogP) is 4.12. The number of hydrogen-bond acceptors (Lipinski definition) is 2. The van der Waals surface area contributed by atoms with Gasteiger partial charge >= 0.3 is 0 Å². The molecule has 19 heavy (non-hydrogen) atoms. The average molecular weight is 249 g/mol. The van der Waals surface area contributed by atoms with Crippen LogP contribution in [0.1, 0.15) is 11.1 Å². The van der Waals surface area contributed by atoms with Crippen molar-refractivity contribution in [2.75, 3.05) is 0 Å². The smallest absolute Gasteiger partial charge is 0.146 e. The van der Waals surface area contributed by atoms with E-state index in [-0.39, 0.29) is 0 Å². The molecule has 2 nitrogen and oxygen atoms in total. The van der Waals surface area contributed by atoms with Crippen molar-refractivity contribution in [2.45, 2.75) is 13.5 Å². The lowest BCUT2D eigenvalue weighted by Crippen LogP contribution is -1.97. The van der Waals surface area contributed by atoms with Crippen molar-refractivity contribution in [3.05, 3.63) is 71.9 Å². The summed E-state index contributed by atoms with van der Waals surface area (Å²) >= 11 is 0. The van der Waals surface area contributed by atoms with Gasteiger partial charge in [-0.25, -0.2) is 0 Å². The molecule has 3 aromatic rings. The van der Waals surface area contributed by atoms with Crippen molar-refractivity contribution >= 4 is 10.9 Å². The summed E-state index contributed by atoms with van der Waals surface area (Å²) in [4.78, 5) is 4.43. The molecule has 0 unspecified atom stereocenters. The Bertz CT molecular complexity index is 692. The lowest BCUT2D eigenvalue weighted by molar-refractivity contribution is 0.309. The summed E-state index contributed by atoms with van der Waals surface area (Å²) < 4.78 is 5.90. The molecule has 0 spiro atoms. The summed E-state index contributed by atoms with van der Waals surface area (Å²) in [5, 5.41) is 1.15. The van der Waals surface area contributed by atoms with Gasteiger partial charge in [0.1, 0.15) is 17.9 Å². The highest BCUT2D eigenvalue weighted by atomic mass is 16.5. The van der Waals surface area contributed by atoms with Gasteiger partial charge in [0.25, 0.3) is 0 Å². The van der Waals surface area contributed by atoms with Crippen LogP contribution in [-0.4, -0.2) is 4.98 Å². The maximum absolute atomic E-state index is 5.90. The van der Waals surface area contributed by atoms with Crippen LogP contribution in [0.3, 0.4) is 0 Å². The Morgan fingerprint density at radius 3 is 2.63 bits per heavy atom. The van der Waals surface area contributed by atoms with Gasteiger partial charge in [0.15, 0.2) is 0 Å². The van der Waals surface area contributed by atoms with E-state index < -0.39 is 0 Å². The number of benzene rings is 2. The monoisotopic (exact) mass is 249 g/mol. The summed E-state index contributed by atoms with van der Waals surface area (Å²) in [5.74, 6) is 0.838. The van der Waals surface area contributed by atoms with Gasteiger partial charge in [0, 0.05) is 11.6 Å². The highest BCUT2D eigenvalue weighted by Crippen LogP contribution is 2.26. The van der Waals surface area contributed by atoms with Crippen LogP contribution in [-0.2, 0) is 6.61 Å². The number of fused-ring (bicyclic) bond motifs is 1. The first-order valence-corrected chi connectivity index (χ1v) is 6.35. The second-order valence-corrected chi connectivity index (χ2v) is 4.55. The number of rotatable bonds is 3. The second-order valence-electron chi connectivity index (χ2n) is 4.55. The van der Waals surface area contributed by atoms with E-state index in [0.717, 1.165) is 22.2 Å². The van der Waals surface area contributed by atoms with Crippen LogP contribution in [0, 0.1) is 6.92 Å². The number of ether oxygens (including phenoxy) is 1. The van der Waals surface area contributed by atoms with Crippen LogP contribution in [0.5, 0.6) is 5.75 Å². The molecule has 0 aliphatic rings. The molecule has 0 bridgehead atoms. The van der Waals surface area contributed by atoms with E-state index in [2.05, 4.69) is 36.2 Å². The Hall–Kier alpha value is -2.35. The third-order valence-corrected chi connectivity index (χ3v) is 3.19. The van der Waals surface area contributed by atoms with Crippen molar-refractivity contribution in [3.8, 4) is 5.75 Å². The highest BCUT2D eigenvalue weighted by molar-refractivity contribution is 5.87. The van der Waals surface area contributed by atoms with Crippen molar-refractivity contribution in [2.24, 2.45) is 0 Å². The molecule has 0 N–H and O–H groups in total. The summed E-state index contributed by atoms with van der Waals surface area (Å²) in [5.41, 5.74) is 3.31. The molecular formula is C17H15NO. The normalized spacial score (nSPS) is 10.6. The van der Waals surface area contributed by atoms with E-state index in [0.29, 0.717) is 6.61 Å². The van der Waals surface area contributed by atoms with E-state index >= 15 is 0 Å². The molecule has 0 radical (unpaired) electrons. The van der Waals surface area contributed by atoms with Gasteiger partial charge in [-0.15, -0.1) is 0 Å². The van der Waals surface area contributed by atoms with Gasteiger partial charge in [-0.1, -0.05) is 42.5 Å². The number of aryl methyl sites for hydroxylation is 1. The van der Waals surface area contributed by atoms with Crippen LogP contribution in [0.15, 0.2) is 60.8 Å². The molecule has 2 aromatic carbocycles. The molecule has 1 aromatic heterocycles. The van der Waals surface area contributed by atoms with Crippen LogP contribution in [0.2, 0.25) is 0 Å². The van der Waals surface area contributed by atoms with Gasteiger partial charge < -0.3 is 4.74 Å². The molecule has 0 saturated carbocycles. The molecule has 0 aliphatic heterocycles. The largest absolute Gasteiger partial charge is 0.487 e. The Balaban J connectivity index is 1.91. The van der Waals surface area contributed by atoms with Gasteiger partial charge in [0.2, 0.25) is 0 Å². The second kappa shape index (κ2) is 5.11. The Labute approximate surface area is 112 Å². The zero-order valence-corrected chi connectivity index (χ0v) is 10.8. The lowest BCUT2D eigenvalue weighted by atomic mass is 10.1. The first kappa shape index (κ1) is 11.7. The van der Waals surface area contributed by atoms with E-state index in [1.807, 2.05) is 30.3 Å². The average Bonchev–Trinajstić information content (AvgIpc) is 2.48. The van der Waals surface area contributed by atoms with Crippen molar-refractivity contribution < 1.29 is 4.74 Å². The summed E-state index contributed by atoms with van der Waals surface area (Å²) in [6.07, 6.45) is 1.80. The number of aromatic nitrogens is 1. The molecule has 0 saturated heterocycles. The summed E-state index contributed by atoms with van der Waals surface area (Å²) in [6, 6.07) is 18.3. The molecule has 0 atom stereocenters. The first-order chi connectivity index (χ1) is 9.34. The van der Waals surface area contributed by atoms with Gasteiger partial charge in [-0.3, -0.25) is 4.98 Å². The van der Waals surface area contributed by atoms with Crippen LogP contribution < -0.4 is 4.74 Å². The van der Waals surface area contributed by atoms with Crippen molar-refractivity contribution in [3.63, 3.8) is 0 Å². The van der Waals surface area contributed by atoms with Gasteiger partial charge in [-0.05, 0) is 30.2 Å². The quantitative estimate of drug-likeness (QED) is 0.696. The standard InChI is InChI=1S/C17H15NO/c1-13-9-10-16(17-15(13)8-5-11-18-17)19-12-14-6-3-2-4-7-14/h2-11H,12H2,1H3. The number of pyridine rings is 1. The molecule has 0 fully saturated rings. The number of nitrogens with zero attached hydrogens (tertiary/aromatic N) is 1. The molecule has 0 amide bonds. The van der Waals surface area contributed by atoms with Crippen LogP contribution in [0.4, 0.5) is 0 Å². The molecule has 0 aliphatic carbocycles. The zero-order chi connectivity index (χ0) is 13.1. The fraction of sp³-hybridized carbons (Fsp3) is 0.118. The third kappa shape index (κ3) is 2.43. The maximum Gasteiger partial charge on any atom is 0.146 e. The highest BCUT2D eigenvalue weighted by Gasteiger charge is 2.05. The molecular weight excluding hydrogens is 234 g/mol. The Kier molecular flexibility index (Phi) is 3.15. The molecule has 3 rings (SSSR count). The fourth-order valence-corrected chi connectivity index (χ4v) is 2.14. The van der Waals surface area contributed by atoms with E-state index in [4.69, 9.17) is 4.74 Å². The maximum atomic E-state index is 5.90. The van der Waals surface area contributed by atoms with Gasteiger partial charge in [-0.2, -0.15) is 0 Å². The van der Waals surface area contributed by atoms with Crippen molar-refractivity contribution in [1.82, 2.24) is 4.98 Å². The summed E-state index contributed by atoms with van der Waals surface area (Å²) in [7, 11) is 0. The zero-order valence-electron chi connectivity index (χ0n) is 10.8. The van der Waals surface area contributed by atoms with E-state index in [1.54, 1.807) is 6.20 Å². The van der Waals surface area contributed by atoms with Crippen LogP contribution in [0.25, 0.3) is 10.9 Å². The molecule has 2 heteroatoms. The SMILES string of the molecule is Cc1ccc(OCc2ccccc2)c2ncccc12. The van der Waals surface area contributed by atoms with Crippen molar-refractivity contribution in [1.29, 1.82) is 0 Å².